The molecule has 3 heterocycles. The summed E-state index contributed by atoms with van der Waals surface area (Å²) in [5.74, 6) is 0.714. The normalized spacial score (nSPS) is 15.7. The Morgan fingerprint density at radius 1 is 1.02 bits per heavy atom. The summed E-state index contributed by atoms with van der Waals surface area (Å²) in [6.45, 7) is 4.68. The molecule has 1 saturated heterocycles. The predicted octanol–water partition coefficient (Wildman–Crippen LogP) is 4.06. The fraction of sp³-hybridized carbons (Fsp3) is 0.314. The molecule has 0 radical (unpaired) electrons. The number of rotatable bonds is 6. The highest BCUT2D eigenvalue weighted by atomic mass is 16.2. The van der Waals surface area contributed by atoms with Crippen molar-refractivity contribution in [2.75, 3.05) is 43.9 Å². The molecule has 3 N–H and O–H groups in total. The highest BCUT2D eigenvalue weighted by Crippen LogP contribution is 2.36. The van der Waals surface area contributed by atoms with Crippen LogP contribution in [0.5, 0.6) is 0 Å². The van der Waals surface area contributed by atoms with E-state index in [1.54, 1.807) is 34.8 Å². The quantitative estimate of drug-likeness (QED) is 0.300. The maximum atomic E-state index is 13.9. The SMILES string of the molecule is Cc1cc(C(=O)N2Cc3cnn(C)c3Nc3ccccc32)ccc1CNC(=O)N1CCNCC1Cc1cccc(C(=O)N(C)C)c1. The van der Waals surface area contributed by atoms with Crippen LogP contribution in [0.15, 0.2) is 72.9 Å². The highest BCUT2D eigenvalue weighted by molar-refractivity contribution is 6.08. The highest BCUT2D eigenvalue weighted by Gasteiger charge is 2.28. The van der Waals surface area contributed by atoms with Crippen LogP contribution >= 0.6 is 0 Å². The van der Waals surface area contributed by atoms with Crippen molar-refractivity contribution < 1.29 is 14.4 Å². The molecule has 1 fully saturated rings. The Hall–Kier alpha value is -5.16. The number of carbonyl (C=O) groups is 3. The average molecular weight is 621 g/mol. The maximum absolute atomic E-state index is 13.9. The van der Waals surface area contributed by atoms with E-state index in [9.17, 15) is 14.4 Å². The largest absolute Gasteiger partial charge is 0.345 e. The van der Waals surface area contributed by atoms with Gasteiger partial charge in [0.2, 0.25) is 0 Å². The number of carbonyl (C=O) groups excluding carboxylic acids is 3. The molecular weight excluding hydrogens is 580 g/mol. The molecule has 6 rings (SSSR count). The number of urea groups is 1. The summed E-state index contributed by atoms with van der Waals surface area (Å²) in [6, 6.07) is 20.9. The maximum Gasteiger partial charge on any atom is 0.318 e. The lowest BCUT2D eigenvalue weighted by Crippen LogP contribution is -2.57. The van der Waals surface area contributed by atoms with Crippen molar-refractivity contribution in [2.45, 2.75) is 32.5 Å². The molecule has 0 bridgehead atoms. The third-order valence-electron chi connectivity index (χ3n) is 8.72. The molecular formula is C35H40N8O3. The second kappa shape index (κ2) is 13.1. The van der Waals surface area contributed by atoms with Gasteiger partial charge in [0.1, 0.15) is 5.82 Å². The third kappa shape index (κ3) is 6.32. The molecule has 11 nitrogen and oxygen atoms in total. The van der Waals surface area contributed by atoms with E-state index in [1.807, 2.05) is 85.6 Å². The molecule has 46 heavy (non-hydrogen) atoms. The van der Waals surface area contributed by atoms with Gasteiger partial charge in [-0.15, -0.1) is 0 Å². The summed E-state index contributed by atoms with van der Waals surface area (Å²) in [5.41, 5.74) is 6.68. The van der Waals surface area contributed by atoms with Crippen LogP contribution in [0, 0.1) is 6.92 Å². The van der Waals surface area contributed by atoms with Gasteiger partial charge in [-0.25, -0.2) is 4.79 Å². The molecule has 3 aromatic carbocycles. The molecule has 2 aliphatic heterocycles. The number of hydrogen-bond acceptors (Lipinski definition) is 6. The number of anilines is 3. The van der Waals surface area contributed by atoms with Crippen molar-refractivity contribution in [1.29, 1.82) is 0 Å². The zero-order valence-corrected chi connectivity index (χ0v) is 26.7. The predicted molar refractivity (Wildman–Crippen MR) is 178 cm³/mol. The lowest BCUT2D eigenvalue weighted by atomic mass is 10.0. The van der Waals surface area contributed by atoms with Gasteiger partial charge in [0, 0.05) is 70.1 Å². The van der Waals surface area contributed by atoms with Crippen molar-refractivity contribution >= 4 is 35.0 Å². The molecule has 1 aromatic heterocycles. The van der Waals surface area contributed by atoms with Crippen molar-refractivity contribution in [1.82, 2.24) is 30.2 Å². The van der Waals surface area contributed by atoms with Gasteiger partial charge in [-0.05, 0) is 66.4 Å². The third-order valence-corrected chi connectivity index (χ3v) is 8.72. The Morgan fingerprint density at radius 2 is 1.85 bits per heavy atom. The van der Waals surface area contributed by atoms with Gasteiger partial charge in [0.15, 0.2) is 0 Å². The van der Waals surface area contributed by atoms with Gasteiger partial charge in [0.25, 0.3) is 11.8 Å². The zero-order chi connectivity index (χ0) is 32.4. The fourth-order valence-electron chi connectivity index (χ4n) is 6.17. The van der Waals surface area contributed by atoms with E-state index < -0.39 is 0 Å². The Labute approximate surface area is 269 Å². The molecule has 4 aromatic rings. The van der Waals surface area contributed by atoms with E-state index in [2.05, 4.69) is 21.0 Å². The number of aryl methyl sites for hydroxylation is 2. The standard InChI is InChI=1S/C35H40N8O3/c1-23-16-26(34(45)43-22-28-20-38-41(4)32(28)39-30-10-5-6-11-31(30)43)12-13-27(23)19-37-35(46)42-15-14-36-21-29(42)18-24-8-7-9-25(17-24)33(44)40(2)3/h5-13,16-17,20,29,36,39H,14-15,18-19,21-22H2,1-4H3,(H,37,46). The van der Waals surface area contributed by atoms with Crippen LogP contribution < -0.4 is 20.9 Å². The van der Waals surface area contributed by atoms with Gasteiger partial charge in [0.05, 0.1) is 24.1 Å². The number of benzene rings is 3. The summed E-state index contributed by atoms with van der Waals surface area (Å²) in [6.07, 6.45) is 2.43. The van der Waals surface area contributed by atoms with Crippen molar-refractivity contribution in [3.8, 4) is 0 Å². The van der Waals surface area contributed by atoms with Crippen LogP contribution in [0.2, 0.25) is 0 Å². The van der Waals surface area contributed by atoms with Crippen LogP contribution in [-0.4, -0.2) is 77.2 Å². The molecule has 4 amide bonds. The minimum Gasteiger partial charge on any atom is -0.345 e. The van der Waals surface area contributed by atoms with E-state index in [1.165, 1.54) is 0 Å². The van der Waals surface area contributed by atoms with E-state index in [0.717, 1.165) is 39.4 Å². The summed E-state index contributed by atoms with van der Waals surface area (Å²) in [5, 5.41) is 14.3. The first-order chi connectivity index (χ1) is 22.2. The lowest BCUT2D eigenvalue weighted by molar-refractivity contribution is 0.0827. The number of hydrogen-bond donors (Lipinski definition) is 3. The van der Waals surface area contributed by atoms with Crippen molar-refractivity contribution in [3.05, 3.63) is 106 Å². The van der Waals surface area contributed by atoms with Crippen LogP contribution in [0.1, 0.15) is 43.0 Å². The van der Waals surface area contributed by atoms with Crippen LogP contribution in [0.4, 0.5) is 22.0 Å². The zero-order valence-electron chi connectivity index (χ0n) is 26.7. The minimum absolute atomic E-state index is 0.0443. The Morgan fingerprint density at radius 3 is 2.65 bits per heavy atom. The van der Waals surface area contributed by atoms with Gasteiger partial charge < -0.3 is 30.7 Å². The Balaban J connectivity index is 1.13. The number of nitrogens with zero attached hydrogens (tertiary/aromatic N) is 5. The van der Waals surface area contributed by atoms with E-state index in [-0.39, 0.29) is 23.9 Å². The van der Waals surface area contributed by atoms with Crippen molar-refractivity contribution in [3.63, 3.8) is 0 Å². The van der Waals surface area contributed by atoms with Crippen LogP contribution in [0.3, 0.4) is 0 Å². The molecule has 0 aliphatic carbocycles. The number of amides is 4. The number of nitrogens with one attached hydrogen (secondary N) is 3. The average Bonchev–Trinajstić information content (AvgIpc) is 3.30. The summed E-state index contributed by atoms with van der Waals surface area (Å²) >= 11 is 0. The monoisotopic (exact) mass is 620 g/mol. The molecule has 1 unspecified atom stereocenters. The first-order valence-corrected chi connectivity index (χ1v) is 15.5. The topological polar surface area (TPSA) is 115 Å². The second-order valence-electron chi connectivity index (χ2n) is 12.1. The van der Waals surface area contributed by atoms with Crippen LogP contribution in [-0.2, 0) is 26.6 Å². The first kappa shape index (κ1) is 30.8. The van der Waals surface area contributed by atoms with E-state index in [0.29, 0.717) is 50.3 Å². The van der Waals surface area contributed by atoms with Crippen molar-refractivity contribution in [2.24, 2.45) is 7.05 Å². The van der Waals surface area contributed by atoms with Crippen LogP contribution in [0.25, 0.3) is 0 Å². The molecule has 1 atom stereocenters. The Kier molecular flexibility index (Phi) is 8.76. The fourth-order valence-corrected chi connectivity index (χ4v) is 6.17. The molecule has 0 spiro atoms. The van der Waals surface area contributed by atoms with Gasteiger partial charge in [-0.3, -0.25) is 14.3 Å². The number of fused-ring (bicyclic) bond motifs is 2. The van der Waals surface area contributed by atoms with E-state index in [4.69, 9.17) is 0 Å². The van der Waals surface area contributed by atoms with Gasteiger partial charge in [-0.1, -0.05) is 30.3 Å². The summed E-state index contributed by atoms with van der Waals surface area (Å²) in [4.78, 5) is 45.0. The second-order valence-corrected chi connectivity index (χ2v) is 12.1. The summed E-state index contributed by atoms with van der Waals surface area (Å²) < 4.78 is 1.78. The molecule has 0 saturated carbocycles. The number of piperazine rings is 1. The van der Waals surface area contributed by atoms with Gasteiger partial charge in [-0.2, -0.15) is 5.10 Å². The number of para-hydroxylation sites is 2. The molecule has 238 valence electrons. The smallest absolute Gasteiger partial charge is 0.318 e. The molecule has 2 aliphatic rings. The lowest BCUT2D eigenvalue weighted by Gasteiger charge is -2.36. The first-order valence-electron chi connectivity index (χ1n) is 15.5. The minimum atomic E-state index is -0.132. The number of aromatic nitrogens is 2. The Bertz CT molecular complexity index is 1780. The van der Waals surface area contributed by atoms with E-state index >= 15 is 0 Å². The summed E-state index contributed by atoms with van der Waals surface area (Å²) in [7, 11) is 5.36. The van der Waals surface area contributed by atoms with Gasteiger partial charge >= 0.3 is 6.03 Å². The molecule has 11 heteroatoms.